The van der Waals surface area contributed by atoms with E-state index in [1.54, 1.807) is 0 Å². The van der Waals surface area contributed by atoms with Gasteiger partial charge in [0.05, 0.1) is 5.92 Å². The van der Waals surface area contributed by atoms with Gasteiger partial charge in [-0.15, -0.1) is 0 Å². The summed E-state index contributed by atoms with van der Waals surface area (Å²) < 4.78 is 5.65. The number of ether oxygens (including phenoxy) is 1. The molecule has 0 aromatic heterocycles. The van der Waals surface area contributed by atoms with Gasteiger partial charge in [-0.2, -0.15) is 0 Å². The summed E-state index contributed by atoms with van der Waals surface area (Å²) in [6.45, 7) is 3.93. The summed E-state index contributed by atoms with van der Waals surface area (Å²) in [5.74, 6) is 3.73. The Labute approximate surface area is 128 Å². The first kappa shape index (κ1) is 14.0. The van der Waals surface area contributed by atoms with E-state index in [-0.39, 0.29) is 11.9 Å². The van der Waals surface area contributed by atoms with E-state index in [4.69, 9.17) is 4.74 Å². The number of hydrogen-bond donors (Lipinski definition) is 0. The predicted octanol–water partition coefficient (Wildman–Crippen LogP) is 3.09. The quantitative estimate of drug-likeness (QED) is 0.746. The number of hydrogen-bond acceptors (Lipinski definition) is 3. The molecule has 3 saturated carbocycles. The third-order valence-corrected chi connectivity index (χ3v) is 6.83. The van der Waals surface area contributed by atoms with Crippen molar-refractivity contribution in [3.8, 4) is 0 Å². The molecule has 4 fully saturated rings. The second-order valence-corrected chi connectivity index (χ2v) is 7.83. The number of carbonyl (C=O) groups excluding carboxylic acids is 1. The van der Waals surface area contributed by atoms with Crippen LogP contribution in [0.2, 0.25) is 0 Å². The lowest BCUT2D eigenvalue weighted by atomic mass is 9.76. The number of fused-ring (bicyclic) bond motifs is 5. The van der Waals surface area contributed by atoms with Crippen molar-refractivity contribution in [2.75, 3.05) is 26.2 Å². The Balaban J connectivity index is 1.24. The zero-order valence-electron chi connectivity index (χ0n) is 13.1. The van der Waals surface area contributed by atoms with Crippen molar-refractivity contribution in [2.24, 2.45) is 29.6 Å². The lowest BCUT2D eigenvalue weighted by Crippen LogP contribution is -2.35. The van der Waals surface area contributed by atoms with Crippen molar-refractivity contribution in [2.45, 2.75) is 51.4 Å². The highest BCUT2D eigenvalue weighted by atomic mass is 16.5. The molecule has 3 aliphatic carbocycles. The molecule has 5 atom stereocenters. The van der Waals surface area contributed by atoms with E-state index >= 15 is 0 Å². The summed E-state index contributed by atoms with van der Waals surface area (Å²) in [4.78, 5) is 14.9. The average molecular weight is 291 g/mol. The molecule has 5 unspecified atom stereocenters. The molecule has 0 spiro atoms. The topological polar surface area (TPSA) is 29.5 Å². The third-order valence-electron chi connectivity index (χ3n) is 6.83. The second kappa shape index (κ2) is 5.91. The van der Waals surface area contributed by atoms with Crippen LogP contribution in [0.5, 0.6) is 0 Å². The number of esters is 1. The molecule has 2 bridgehead atoms. The van der Waals surface area contributed by atoms with Gasteiger partial charge in [0.25, 0.3) is 0 Å². The van der Waals surface area contributed by atoms with Crippen LogP contribution in [0, 0.1) is 29.6 Å². The molecule has 4 rings (SSSR count). The van der Waals surface area contributed by atoms with Crippen LogP contribution in [0.4, 0.5) is 0 Å². The highest BCUT2D eigenvalue weighted by Crippen LogP contribution is 2.61. The first-order valence-corrected chi connectivity index (χ1v) is 9.22. The zero-order valence-corrected chi connectivity index (χ0v) is 13.1. The van der Waals surface area contributed by atoms with Crippen LogP contribution in [-0.4, -0.2) is 37.1 Å². The highest BCUT2D eigenvalue weighted by molar-refractivity contribution is 5.73. The molecular weight excluding hydrogens is 262 g/mol. The highest BCUT2D eigenvalue weighted by Gasteiger charge is 2.56. The van der Waals surface area contributed by atoms with E-state index in [0.717, 1.165) is 30.7 Å². The minimum absolute atomic E-state index is 0.129. The van der Waals surface area contributed by atoms with Crippen molar-refractivity contribution < 1.29 is 9.53 Å². The van der Waals surface area contributed by atoms with E-state index < -0.39 is 0 Å². The second-order valence-electron chi connectivity index (χ2n) is 7.83. The molecular formula is C18H29NO2. The molecule has 0 aromatic carbocycles. The standard InChI is InChI=1S/C18H29NO2/c20-18(21-10-9-19-7-2-1-3-8-19)17-12-13-11-16(17)15-6-4-5-14(13)15/h13-17H,1-12H2. The first-order valence-electron chi connectivity index (χ1n) is 9.22. The van der Waals surface area contributed by atoms with Crippen LogP contribution in [0.1, 0.15) is 51.4 Å². The van der Waals surface area contributed by atoms with Crippen molar-refractivity contribution in [1.82, 2.24) is 4.90 Å². The maximum atomic E-state index is 12.4. The van der Waals surface area contributed by atoms with Crippen LogP contribution < -0.4 is 0 Å². The Morgan fingerprint density at radius 1 is 0.952 bits per heavy atom. The largest absolute Gasteiger partial charge is 0.464 e. The number of piperidine rings is 1. The van der Waals surface area contributed by atoms with Crippen LogP contribution in [0.3, 0.4) is 0 Å². The molecule has 0 amide bonds. The fourth-order valence-electron chi connectivity index (χ4n) is 5.90. The van der Waals surface area contributed by atoms with E-state index in [2.05, 4.69) is 4.90 Å². The summed E-state index contributed by atoms with van der Waals surface area (Å²) in [6.07, 6.45) is 10.7. The number of nitrogens with zero attached hydrogens (tertiary/aromatic N) is 1. The molecule has 0 radical (unpaired) electrons. The summed E-state index contributed by atoms with van der Waals surface area (Å²) >= 11 is 0. The Hall–Kier alpha value is -0.570. The van der Waals surface area contributed by atoms with Crippen molar-refractivity contribution in [1.29, 1.82) is 0 Å². The minimum Gasteiger partial charge on any atom is -0.464 e. The van der Waals surface area contributed by atoms with Gasteiger partial charge in [0, 0.05) is 6.54 Å². The van der Waals surface area contributed by atoms with Gasteiger partial charge in [0.15, 0.2) is 0 Å². The Kier molecular flexibility index (Phi) is 3.95. The van der Waals surface area contributed by atoms with Gasteiger partial charge in [-0.05, 0) is 75.3 Å². The summed E-state index contributed by atoms with van der Waals surface area (Å²) in [5.41, 5.74) is 0. The molecule has 21 heavy (non-hydrogen) atoms. The van der Waals surface area contributed by atoms with Crippen molar-refractivity contribution in [3.05, 3.63) is 0 Å². The Morgan fingerprint density at radius 3 is 2.62 bits per heavy atom. The number of likely N-dealkylation sites (tertiary alicyclic amines) is 1. The normalized spacial score (nSPS) is 42.2. The molecule has 3 nitrogen and oxygen atoms in total. The average Bonchev–Trinajstić information content (AvgIpc) is 3.21. The van der Waals surface area contributed by atoms with Gasteiger partial charge >= 0.3 is 5.97 Å². The molecule has 1 saturated heterocycles. The fourth-order valence-corrected chi connectivity index (χ4v) is 5.90. The number of rotatable bonds is 4. The third kappa shape index (κ3) is 2.62. The minimum atomic E-state index is 0.129. The summed E-state index contributed by atoms with van der Waals surface area (Å²) in [7, 11) is 0. The molecule has 118 valence electrons. The zero-order chi connectivity index (χ0) is 14.2. The smallest absolute Gasteiger partial charge is 0.309 e. The monoisotopic (exact) mass is 291 g/mol. The van der Waals surface area contributed by atoms with Crippen molar-refractivity contribution in [3.63, 3.8) is 0 Å². The molecule has 1 aliphatic heterocycles. The van der Waals surface area contributed by atoms with Gasteiger partial charge in [-0.25, -0.2) is 0 Å². The van der Waals surface area contributed by atoms with Crippen LogP contribution >= 0.6 is 0 Å². The van der Waals surface area contributed by atoms with E-state index in [9.17, 15) is 4.79 Å². The van der Waals surface area contributed by atoms with Crippen LogP contribution in [0.15, 0.2) is 0 Å². The SMILES string of the molecule is O=C(OCCN1CCCCC1)C1CC2CC1C1CCCC21. The molecule has 3 heteroatoms. The molecule has 1 heterocycles. The molecule has 4 aliphatic rings. The molecule has 0 N–H and O–H groups in total. The predicted molar refractivity (Wildman–Crippen MR) is 81.8 cm³/mol. The van der Waals surface area contributed by atoms with Gasteiger partial charge in [0.2, 0.25) is 0 Å². The Bertz CT molecular complexity index is 391. The van der Waals surface area contributed by atoms with Crippen LogP contribution in [0.25, 0.3) is 0 Å². The van der Waals surface area contributed by atoms with Gasteiger partial charge < -0.3 is 4.74 Å². The lowest BCUT2D eigenvalue weighted by molar-refractivity contribution is -0.152. The van der Waals surface area contributed by atoms with Gasteiger partial charge in [-0.3, -0.25) is 9.69 Å². The lowest BCUT2D eigenvalue weighted by Gasteiger charge is -2.30. The van der Waals surface area contributed by atoms with E-state index in [1.165, 1.54) is 58.0 Å². The number of carbonyl (C=O) groups is 1. The Morgan fingerprint density at radius 2 is 1.76 bits per heavy atom. The van der Waals surface area contributed by atoms with Gasteiger partial charge in [-0.1, -0.05) is 12.8 Å². The maximum absolute atomic E-state index is 12.4. The van der Waals surface area contributed by atoms with E-state index in [1.807, 2.05) is 0 Å². The van der Waals surface area contributed by atoms with Crippen molar-refractivity contribution >= 4 is 5.97 Å². The summed E-state index contributed by atoms with van der Waals surface area (Å²) in [5, 5.41) is 0. The summed E-state index contributed by atoms with van der Waals surface area (Å²) in [6, 6.07) is 0. The fraction of sp³-hybridized carbons (Fsp3) is 0.944. The first-order chi connectivity index (χ1) is 10.3. The molecule has 0 aromatic rings. The van der Waals surface area contributed by atoms with Crippen LogP contribution in [-0.2, 0) is 9.53 Å². The van der Waals surface area contributed by atoms with Gasteiger partial charge in [0.1, 0.15) is 6.61 Å². The van der Waals surface area contributed by atoms with E-state index in [0.29, 0.717) is 12.5 Å². The maximum Gasteiger partial charge on any atom is 0.309 e.